The molecule has 0 atom stereocenters. The largest absolute Gasteiger partial charge is 0.459 e. The number of hydrogen-bond donors (Lipinski definition) is 0. The van der Waals surface area contributed by atoms with Crippen LogP contribution >= 0.6 is 0 Å². The van der Waals surface area contributed by atoms with E-state index in [-0.39, 0.29) is 12.1 Å². The Balaban J connectivity index is 0.919. The van der Waals surface area contributed by atoms with Crippen LogP contribution in [0.1, 0.15) is 26.3 Å². The van der Waals surface area contributed by atoms with Crippen molar-refractivity contribution in [3.05, 3.63) is 315 Å². The van der Waals surface area contributed by atoms with Gasteiger partial charge in [0, 0.05) is 56.0 Å². The molecule has 0 aliphatic carbocycles. The standard InChI is InChI=1S/C94H60B2N2O5/c1-94(2,3)64-51-75-88-76(52-64)98(74-48-63(58-31-15-7-16-32-58)50-83-86(74)66-36-20-23-39-79(66)100-83)77-54-84-90-93(102-81-44-42-60(55-25-9-4-10-26-55)45-70(81)95(90)71-53-68(59-33-17-8-18-34-59)91-87(92(71)103-84)67-37-21-24-40-80(67)101-91)89(77)96(88)69-43-41-61(56-27-11-5-12-28-56)46-72(69)97(75)73-47-62(57-29-13-6-14-30-57)49-82-85(73)65-35-19-22-38-78(65)99-82/h4-54H,1-3H3. The van der Waals surface area contributed by atoms with Crippen LogP contribution in [-0.2, 0) is 5.41 Å². The van der Waals surface area contributed by atoms with Crippen LogP contribution in [0.5, 0.6) is 23.0 Å². The van der Waals surface area contributed by atoms with Crippen LogP contribution in [-0.4, -0.2) is 13.4 Å². The summed E-state index contributed by atoms with van der Waals surface area (Å²) in [6, 6.07) is 112. The minimum atomic E-state index is -0.434. The summed E-state index contributed by atoms with van der Waals surface area (Å²) < 4.78 is 37.4. The van der Waals surface area contributed by atoms with Crippen LogP contribution in [0.3, 0.4) is 0 Å². The van der Waals surface area contributed by atoms with E-state index in [1.54, 1.807) is 0 Å². The Morgan fingerprint density at radius 3 is 1.27 bits per heavy atom. The van der Waals surface area contributed by atoms with Crippen molar-refractivity contribution < 1.29 is 22.7 Å². The summed E-state index contributed by atoms with van der Waals surface area (Å²) in [5.41, 5.74) is 28.6. The Morgan fingerprint density at radius 2 is 0.718 bits per heavy atom. The Hall–Kier alpha value is -13.0. The van der Waals surface area contributed by atoms with Gasteiger partial charge in [0.25, 0.3) is 13.4 Å². The molecule has 0 unspecified atom stereocenters. The molecule has 4 aliphatic heterocycles. The zero-order valence-electron chi connectivity index (χ0n) is 56.5. The van der Waals surface area contributed by atoms with Crippen LogP contribution in [0.25, 0.3) is 121 Å². The summed E-state index contributed by atoms with van der Waals surface area (Å²) in [5.74, 6) is 3.01. The van der Waals surface area contributed by atoms with Gasteiger partial charge in [-0.15, -0.1) is 0 Å². The van der Waals surface area contributed by atoms with Crippen LogP contribution < -0.4 is 52.1 Å². The first-order chi connectivity index (χ1) is 50.7. The molecule has 0 fully saturated rings. The van der Waals surface area contributed by atoms with Crippen LogP contribution in [0.4, 0.5) is 34.1 Å². The number of fused-ring (bicyclic) bond motifs is 19. The molecule has 22 rings (SSSR count). The van der Waals surface area contributed by atoms with E-state index in [4.69, 9.17) is 22.7 Å². The van der Waals surface area contributed by atoms with Crippen molar-refractivity contribution >= 4 is 146 Å². The average molecular weight is 1320 g/mol. The Morgan fingerprint density at radius 1 is 0.272 bits per heavy atom. The van der Waals surface area contributed by atoms with Crippen LogP contribution in [0.15, 0.2) is 323 Å². The number of anilines is 6. The lowest BCUT2D eigenvalue weighted by molar-refractivity contribution is 0.469. The minimum absolute atomic E-state index is 0.372. The molecule has 0 amide bonds. The Kier molecular flexibility index (Phi) is 12.2. The minimum Gasteiger partial charge on any atom is -0.459 e. The molecule has 103 heavy (non-hydrogen) atoms. The lowest BCUT2D eigenvalue weighted by Crippen LogP contribution is -2.65. The van der Waals surface area contributed by atoms with Gasteiger partial charge in [0.05, 0.1) is 27.5 Å². The first-order valence-electron chi connectivity index (χ1n) is 35.5. The van der Waals surface area contributed by atoms with Gasteiger partial charge in [-0.3, -0.25) is 0 Å². The average Bonchev–Trinajstić information content (AvgIpc) is 1.34. The second kappa shape index (κ2) is 21.8. The number of benzene rings is 15. The molecule has 0 saturated carbocycles. The van der Waals surface area contributed by atoms with Gasteiger partial charge < -0.3 is 32.5 Å². The van der Waals surface area contributed by atoms with Crippen molar-refractivity contribution in [2.45, 2.75) is 26.2 Å². The van der Waals surface area contributed by atoms with E-state index in [0.717, 1.165) is 211 Å². The second-order valence-corrected chi connectivity index (χ2v) is 28.9. The van der Waals surface area contributed by atoms with Gasteiger partial charge in [-0.05, 0) is 155 Å². The van der Waals surface area contributed by atoms with E-state index in [1.165, 1.54) is 0 Å². The van der Waals surface area contributed by atoms with E-state index in [0.29, 0.717) is 5.75 Å². The maximum Gasteiger partial charge on any atom is 0.260 e. The van der Waals surface area contributed by atoms with Crippen LogP contribution in [0.2, 0.25) is 0 Å². The molecule has 7 heterocycles. The Bertz CT molecular complexity index is 6620. The van der Waals surface area contributed by atoms with Crippen molar-refractivity contribution in [1.82, 2.24) is 0 Å². The maximum atomic E-state index is 8.11. The molecule has 482 valence electrons. The number of rotatable bonds is 7. The van der Waals surface area contributed by atoms with Gasteiger partial charge in [0.2, 0.25) is 0 Å². The predicted octanol–water partition coefficient (Wildman–Crippen LogP) is 21.8. The third kappa shape index (κ3) is 8.60. The molecule has 9 heteroatoms. The third-order valence-corrected chi connectivity index (χ3v) is 22.1. The fourth-order valence-electron chi connectivity index (χ4n) is 17.4. The number of para-hydroxylation sites is 3. The molecule has 0 radical (unpaired) electrons. The van der Waals surface area contributed by atoms with E-state index < -0.39 is 6.71 Å². The molecular weight excluding hydrogens is 1260 g/mol. The van der Waals surface area contributed by atoms with Crippen molar-refractivity contribution in [2.75, 3.05) is 9.80 Å². The smallest absolute Gasteiger partial charge is 0.260 e. The van der Waals surface area contributed by atoms with E-state index in [1.807, 2.05) is 0 Å². The highest BCUT2D eigenvalue weighted by Crippen LogP contribution is 2.55. The SMILES string of the molecule is CC(C)(C)c1cc2c3c(c1)N(c1cc(-c4ccccc4)cc4oc5ccccc5c14)c1cc4c5c(c1B3c1ccc(-c3ccccc3)cc1N2c1cc(-c2ccccc2)cc2oc3ccccc3c12)Oc1ccc(-c2ccccc2)cc1B5c1cc(-c2ccccc2)c2oc3ccccc3c2c1O4. The highest BCUT2D eigenvalue weighted by Gasteiger charge is 2.52. The number of furan rings is 3. The summed E-state index contributed by atoms with van der Waals surface area (Å²) in [4.78, 5) is 5.15. The van der Waals surface area contributed by atoms with E-state index in [9.17, 15) is 0 Å². The van der Waals surface area contributed by atoms with Crippen molar-refractivity contribution in [3.63, 3.8) is 0 Å². The fourth-order valence-corrected chi connectivity index (χ4v) is 17.4. The summed E-state index contributed by atoms with van der Waals surface area (Å²) in [7, 11) is 0. The monoisotopic (exact) mass is 1320 g/mol. The fraction of sp³-hybridized carbons (Fsp3) is 0.0426. The Labute approximate surface area is 594 Å². The van der Waals surface area contributed by atoms with Crippen LogP contribution in [0, 0.1) is 0 Å². The normalized spacial score (nSPS) is 13.3. The molecule has 0 saturated heterocycles. The lowest BCUT2D eigenvalue weighted by Gasteiger charge is -2.47. The number of nitrogens with zero attached hydrogens (tertiary/aromatic N) is 2. The zero-order valence-corrected chi connectivity index (χ0v) is 56.5. The molecule has 18 aromatic rings. The van der Waals surface area contributed by atoms with Gasteiger partial charge in [-0.2, -0.15) is 0 Å². The van der Waals surface area contributed by atoms with E-state index in [2.05, 4.69) is 340 Å². The summed E-state index contributed by atoms with van der Waals surface area (Å²) in [6.07, 6.45) is 0. The number of hydrogen-bond acceptors (Lipinski definition) is 7. The quantitative estimate of drug-likeness (QED) is 0.147. The third-order valence-electron chi connectivity index (χ3n) is 22.1. The molecule has 0 N–H and O–H groups in total. The highest BCUT2D eigenvalue weighted by molar-refractivity contribution is 7.03. The summed E-state index contributed by atoms with van der Waals surface area (Å²) in [5, 5.41) is 5.98. The molecular formula is C94H60B2N2O5. The highest BCUT2D eigenvalue weighted by atomic mass is 16.5. The van der Waals surface area contributed by atoms with Crippen molar-refractivity contribution in [2.24, 2.45) is 0 Å². The van der Waals surface area contributed by atoms with Gasteiger partial charge >= 0.3 is 0 Å². The maximum absolute atomic E-state index is 8.11. The topological polar surface area (TPSA) is 64.4 Å². The summed E-state index contributed by atoms with van der Waals surface area (Å²) in [6.45, 7) is 6.20. The first-order valence-corrected chi connectivity index (χ1v) is 35.5. The molecule has 7 nitrogen and oxygen atoms in total. The van der Waals surface area contributed by atoms with Gasteiger partial charge in [0.15, 0.2) is 0 Å². The predicted molar refractivity (Wildman–Crippen MR) is 426 cm³/mol. The number of ether oxygens (including phenoxy) is 2. The zero-order chi connectivity index (χ0) is 67.9. The van der Waals surface area contributed by atoms with Gasteiger partial charge in [0.1, 0.15) is 56.5 Å². The molecule has 3 aromatic heterocycles. The molecule has 15 aromatic carbocycles. The van der Waals surface area contributed by atoms with E-state index >= 15 is 0 Å². The van der Waals surface area contributed by atoms with Gasteiger partial charge in [-0.1, -0.05) is 257 Å². The van der Waals surface area contributed by atoms with Gasteiger partial charge in [-0.25, -0.2) is 0 Å². The first kappa shape index (κ1) is 57.9. The molecule has 0 bridgehead atoms. The summed E-state index contributed by atoms with van der Waals surface area (Å²) >= 11 is 0. The van der Waals surface area contributed by atoms with Crippen molar-refractivity contribution in [1.29, 1.82) is 0 Å². The molecule has 4 aliphatic rings. The molecule has 0 spiro atoms. The lowest BCUT2D eigenvalue weighted by atomic mass is 9.30. The second-order valence-electron chi connectivity index (χ2n) is 28.9. The van der Waals surface area contributed by atoms with Crippen molar-refractivity contribution in [3.8, 4) is 78.6 Å².